The first kappa shape index (κ1) is 11.6. The molecule has 0 unspecified atom stereocenters. The molecule has 0 saturated heterocycles. The molecule has 0 amide bonds. The van der Waals surface area contributed by atoms with Gasteiger partial charge < -0.3 is 5.11 Å². The van der Waals surface area contributed by atoms with Crippen molar-refractivity contribution in [2.45, 2.75) is 19.8 Å². The molecule has 2 rings (SSSR count). The van der Waals surface area contributed by atoms with Crippen molar-refractivity contribution in [1.29, 1.82) is 0 Å². The van der Waals surface area contributed by atoms with Crippen molar-refractivity contribution in [3.8, 4) is 16.9 Å². The standard InChI is InChI=1S/C15H15FO/c1-2-4-11-7-8-14(17)10-15(11)12-5-3-6-13(16)9-12/h3,5-10,17H,2,4H2,1H3. The van der Waals surface area contributed by atoms with Gasteiger partial charge in [0.2, 0.25) is 0 Å². The highest BCUT2D eigenvalue weighted by atomic mass is 19.1. The molecule has 0 fully saturated rings. The molecule has 2 aromatic rings. The minimum absolute atomic E-state index is 0.212. The summed E-state index contributed by atoms with van der Waals surface area (Å²) in [6, 6.07) is 11.7. The largest absolute Gasteiger partial charge is 0.508 e. The minimum Gasteiger partial charge on any atom is -0.508 e. The number of hydrogen-bond acceptors (Lipinski definition) is 1. The summed E-state index contributed by atoms with van der Waals surface area (Å²) in [5, 5.41) is 9.54. The van der Waals surface area contributed by atoms with E-state index in [0.29, 0.717) is 0 Å². The lowest BCUT2D eigenvalue weighted by Crippen LogP contribution is -1.90. The van der Waals surface area contributed by atoms with Crippen molar-refractivity contribution >= 4 is 0 Å². The normalized spacial score (nSPS) is 10.5. The fourth-order valence-corrected chi connectivity index (χ4v) is 1.98. The first-order valence-corrected chi connectivity index (χ1v) is 5.78. The smallest absolute Gasteiger partial charge is 0.123 e. The molecule has 17 heavy (non-hydrogen) atoms. The molecule has 2 heteroatoms. The molecule has 0 radical (unpaired) electrons. The number of phenols is 1. The molecule has 88 valence electrons. The number of rotatable bonds is 3. The Kier molecular flexibility index (Phi) is 3.43. The SMILES string of the molecule is CCCc1ccc(O)cc1-c1cccc(F)c1. The maximum Gasteiger partial charge on any atom is 0.123 e. The van der Waals surface area contributed by atoms with Crippen molar-refractivity contribution in [3.05, 3.63) is 53.8 Å². The zero-order valence-electron chi connectivity index (χ0n) is 9.78. The molecule has 0 aliphatic heterocycles. The number of hydrogen-bond donors (Lipinski definition) is 1. The monoisotopic (exact) mass is 230 g/mol. The summed E-state index contributed by atoms with van der Waals surface area (Å²) in [5.41, 5.74) is 2.85. The number of aryl methyl sites for hydroxylation is 1. The average molecular weight is 230 g/mol. The van der Waals surface area contributed by atoms with Gasteiger partial charge in [-0.1, -0.05) is 31.5 Å². The maximum absolute atomic E-state index is 13.2. The van der Waals surface area contributed by atoms with Crippen molar-refractivity contribution in [1.82, 2.24) is 0 Å². The summed E-state index contributed by atoms with van der Waals surface area (Å²) >= 11 is 0. The van der Waals surface area contributed by atoms with E-state index in [4.69, 9.17) is 0 Å². The molecule has 1 nitrogen and oxygen atoms in total. The second kappa shape index (κ2) is 5.00. The molecular formula is C15H15FO. The maximum atomic E-state index is 13.2. The molecule has 0 aromatic heterocycles. The summed E-state index contributed by atoms with van der Waals surface area (Å²) in [6.07, 6.45) is 1.94. The van der Waals surface area contributed by atoms with E-state index >= 15 is 0 Å². The summed E-state index contributed by atoms with van der Waals surface area (Å²) in [4.78, 5) is 0. The lowest BCUT2D eigenvalue weighted by molar-refractivity contribution is 0.475. The fourth-order valence-electron chi connectivity index (χ4n) is 1.98. The fraction of sp³-hybridized carbons (Fsp3) is 0.200. The van der Waals surface area contributed by atoms with E-state index in [1.54, 1.807) is 18.2 Å². The quantitative estimate of drug-likeness (QED) is 0.839. The van der Waals surface area contributed by atoms with Crippen LogP contribution in [0, 0.1) is 5.82 Å². The Hall–Kier alpha value is -1.83. The Bertz CT molecular complexity index is 520. The molecule has 0 spiro atoms. The van der Waals surface area contributed by atoms with Gasteiger partial charge in [0, 0.05) is 0 Å². The molecule has 0 heterocycles. The first-order chi connectivity index (χ1) is 8.20. The van der Waals surface area contributed by atoms with Crippen LogP contribution in [0.5, 0.6) is 5.75 Å². The Morgan fingerprint density at radius 2 is 1.94 bits per heavy atom. The Labute approximate surface area is 101 Å². The van der Waals surface area contributed by atoms with Gasteiger partial charge in [0.1, 0.15) is 11.6 Å². The lowest BCUT2D eigenvalue weighted by atomic mass is 9.96. The van der Waals surface area contributed by atoms with Crippen molar-refractivity contribution < 1.29 is 9.50 Å². The molecule has 1 N–H and O–H groups in total. The zero-order valence-corrected chi connectivity index (χ0v) is 9.78. The molecule has 0 saturated carbocycles. The van der Waals surface area contributed by atoms with Gasteiger partial charge in [0.05, 0.1) is 0 Å². The Balaban J connectivity index is 2.52. The predicted octanol–water partition coefficient (Wildman–Crippen LogP) is 4.15. The first-order valence-electron chi connectivity index (χ1n) is 5.78. The highest BCUT2D eigenvalue weighted by Crippen LogP contribution is 2.28. The summed E-state index contributed by atoms with van der Waals surface area (Å²) in [5.74, 6) is -0.0441. The van der Waals surface area contributed by atoms with Crippen LogP contribution in [-0.2, 0) is 6.42 Å². The zero-order chi connectivity index (χ0) is 12.3. The summed E-state index contributed by atoms with van der Waals surface area (Å²) < 4.78 is 13.2. The van der Waals surface area contributed by atoms with Crippen molar-refractivity contribution in [2.75, 3.05) is 0 Å². The van der Waals surface area contributed by atoms with Gasteiger partial charge in [-0.25, -0.2) is 4.39 Å². The van der Waals surface area contributed by atoms with Crippen molar-refractivity contribution in [2.24, 2.45) is 0 Å². The second-order valence-corrected chi connectivity index (χ2v) is 4.10. The van der Waals surface area contributed by atoms with Gasteiger partial charge in [-0.3, -0.25) is 0 Å². The molecule has 0 bridgehead atoms. The molecular weight excluding hydrogens is 215 g/mol. The summed E-state index contributed by atoms with van der Waals surface area (Å²) in [7, 11) is 0. The van der Waals surface area contributed by atoms with Crippen LogP contribution >= 0.6 is 0 Å². The van der Waals surface area contributed by atoms with Gasteiger partial charge in [-0.15, -0.1) is 0 Å². The topological polar surface area (TPSA) is 20.2 Å². The van der Waals surface area contributed by atoms with E-state index in [-0.39, 0.29) is 11.6 Å². The third-order valence-corrected chi connectivity index (χ3v) is 2.75. The van der Waals surface area contributed by atoms with E-state index in [1.165, 1.54) is 12.1 Å². The Morgan fingerprint density at radius 1 is 1.12 bits per heavy atom. The molecule has 0 aliphatic rings. The van der Waals surface area contributed by atoms with Crippen LogP contribution in [0.15, 0.2) is 42.5 Å². The van der Waals surface area contributed by atoms with Crippen LogP contribution in [0.2, 0.25) is 0 Å². The number of phenolic OH excluding ortho intramolecular Hbond substituents is 1. The van der Waals surface area contributed by atoms with E-state index < -0.39 is 0 Å². The van der Waals surface area contributed by atoms with Gasteiger partial charge in [-0.2, -0.15) is 0 Å². The predicted molar refractivity (Wildman–Crippen MR) is 67.5 cm³/mol. The third kappa shape index (κ3) is 2.64. The number of benzene rings is 2. The summed E-state index contributed by atoms with van der Waals surface area (Å²) in [6.45, 7) is 2.10. The number of aromatic hydroxyl groups is 1. The highest BCUT2D eigenvalue weighted by Gasteiger charge is 2.06. The van der Waals surface area contributed by atoms with E-state index in [0.717, 1.165) is 29.5 Å². The Morgan fingerprint density at radius 3 is 2.65 bits per heavy atom. The molecule has 2 aromatic carbocycles. The van der Waals surface area contributed by atoms with Crippen LogP contribution in [-0.4, -0.2) is 5.11 Å². The van der Waals surface area contributed by atoms with Crippen LogP contribution in [0.3, 0.4) is 0 Å². The van der Waals surface area contributed by atoms with E-state index in [2.05, 4.69) is 6.92 Å². The van der Waals surface area contributed by atoms with Gasteiger partial charge in [0.15, 0.2) is 0 Å². The van der Waals surface area contributed by atoms with Crippen LogP contribution in [0.25, 0.3) is 11.1 Å². The van der Waals surface area contributed by atoms with Crippen molar-refractivity contribution in [3.63, 3.8) is 0 Å². The van der Waals surface area contributed by atoms with Gasteiger partial charge in [0.25, 0.3) is 0 Å². The molecule has 0 atom stereocenters. The highest BCUT2D eigenvalue weighted by molar-refractivity contribution is 5.69. The average Bonchev–Trinajstić information content (AvgIpc) is 2.32. The van der Waals surface area contributed by atoms with E-state index in [9.17, 15) is 9.50 Å². The number of halogens is 1. The van der Waals surface area contributed by atoms with Gasteiger partial charge in [-0.05, 0) is 47.4 Å². The van der Waals surface area contributed by atoms with Crippen LogP contribution < -0.4 is 0 Å². The third-order valence-electron chi connectivity index (χ3n) is 2.75. The minimum atomic E-state index is -0.256. The second-order valence-electron chi connectivity index (χ2n) is 4.10. The van der Waals surface area contributed by atoms with Gasteiger partial charge >= 0.3 is 0 Å². The van der Waals surface area contributed by atoms with Crippen LogP contribution in [0.4, 0.5) is 4.39 Å². The lowest BCUT2D eigenvalue weighted by Gasteiger charge is -2.09. The van der Waals surface area contributed by atoms with E-state index in [1.807, 2.05) is 12.1 Å². The molecule has 0 aliphatic carbocycles. The van der Waals surface area contributed by atoms with Crippen LogP contribution in [0.1, 0.15) is 18.9 Å².